The van der Waals surface area contributed by atoms with Crippen LogP contribution < -0.4 is 0 Å². The van der Waals surface area contributed by atoms with E-state index in [2.05, 4.69) is 39.5 Å². The van der Waals surface area contributed by atoms with Gasteiger partial charge in [-0.05, 0) is 34.6 Å². The van der Waals surface area contributed by atoms with Crippen LogP contribution in [-0.4, -0.2) is 28.3 Å². The first-order valence-electron chi connectivity index (χ1n) is 5.12. The van der Waals surface area contributed by atoms with Gasteiger partial charge in [0, 0.05) is 30.5 Å². The summed E-state index contributed by atoms with van der Waals surface area (Å²) < 4.78 is 0. The zero-order valence-corrected chi connectivity index (χ0v) is 9.42. The number of piperidine rings is 1. The average Bonchev–Trinajstić information content (AvgIpc) is 1.78. The molecule has 1 saturated heterocycles. The van der Waals surface area contributed by atoms with E-state index in [1.165, 1.54) is 0 Å². The second kappa shape index (κ2) is 3.41. The summed E-state index contributed by atoms with van der Waals surface area (Å²) >= 11 is 0. The number of carbonyl (C=O) groups is 1. The smallest absolute Gasteiger partial charge is 0.136 e. The summed E-state index contributed by atoms with van der Waals surface area (Å²) in [4.78, 5) is 13.8. The fraction of sp³-hybridized carbons (Fsp3) is 0.909. The van der Waals surface area contributed by atoms with Gasteiger partial charge in [-0.3, -0.25) is 9.69 Å². The van der Waals surface area contributed by atoms with Crippen molar-refractivity contribution < 1.29 is 4.79 Å². The van der Waals surface area contributed by atoms with Gasteiger partial charge in [0.15, 0.2) is 0 Å². The monoisotopic (exact) mass is 183 g/mol. The van der Waals surface area contributed by atoms with E-state index in [1.54, 1.807) is 0 Å². The third kappa shape index (κ3) is 2.31. The number of hydrogen-bond donors (Lipinski definition) is 0. The van der Waals surface area contributed by atoms with Crippen LogP contribution in [0.3, 0.4) is 0 Å². The topological polar surface area (TPSA) is 20.3 Å². The minimum Gasteiger partial charge on any atom is -0.300 e. The Labute approximate surface area is 81.3 Å². The van der Waals surface area contributed by atoms with Crippen LogP contribution in [-0.2, 0) is 4.79 Å². The van der Waals surface area contributed by atoms with Crippen LogP contribution in [0.25, 0.3) is 0 Å². The van der Waals surface area contributed by atoms with Gasteiger partial charge >= 0.3 is 0 Å². The van der Waals surface area contributed by atoms with Crippen molar-refractivity contribution in [1.82, 2.24) is 4.90 Å². The van der Waals surface area contributed by atoms with E-state index in [4.69, 9.17) is 0 Å². The fourth-order valence-electron chi connectivity index (χ4n) is 2.70. The predicted molar refractivity (Wildman–Crippen MR) is 54.8 cm³/mol. The van der Waals surface area contributed by atoms with Crippen molar-refractivity contribution in [3.05, 3.63) is 0 Å². The van der Waals surface area contributed by atoms with Crippen LogP contribution in [0.15, 0.2) is 0 Å². The van der Waals surface area contributed by atoms with Crippen LogP contribution >= 0.6 is 0 Å². The maximum Gasteiger partial charge on any atom is 0.136 e. The SMILES string of the molecule is CC1CC(=O)CC(C)N1C(C)(C)C. The molecule has 1 rings (SSSR count). The van der Waals surface area contributed by atoms with Crippen LogP contribution in [0.4, 0.5) is 0 Å². The van der Waals surface area contributed by atoms with E-state index < -0.39 is 0 Å². The van der Waals surface area contributed by atoms with Gasteiger partial charge in [-0.15, -0.1) is 0 Å². The lowest BCUT2D eigenvalue weighted by Gasteiger charge is -2.47. The van der Waals surface area contributed by atoms with Crippen molar-refractivity contribution in [2.24, 2.45) is 0 Å². The molecule has 2 heteroatoms. The summed E-state index contributed by atoms with van der Waals surface area (Å²) in [6, 6.07) is 0.799. The molecule has 0 spiro atoms. The Morgan fingerprint density at radius 2 is 1.54 bits per heavy atom. The molecule has 0 saturated carbocycles. The maximum absolute atomic E-state index is 11.3. The van der Waals surface area contributed by atoms with E-state index in [-0.39, 0.29) is 5.54 Å². The molecule has 0 aromatic carbocycles. The molecule has 0 bridgehead atoms. The molecule has 1 heterocycles. The Balaban J connectivity index is 2.78. The van der Waals surface area contributed by atoms with Gasteiger partial charge in [0.05, 0.1) is 0 Å². The molecule has 2 atom stereocenters. The predicted octanol–water partition coefficient (Wildman–Crippen LogP) is 2.23. The van der Waals surface area contributed by atoms with Crippen molar-refractivity contribution in [2.45, 2.75) is 65.1 Å². The molecule has 2 unspecified atom stereocenters. The minimum atomic E-state index is 0.180. The first-order chi connectivity index (χ1) is 5.82. The fourth-order valence-corrected chi connectivity index (χ4v) is 2.70. The highest BCUT2D eigenvalue weighted by Crippen LogP contribution is 2.28. The summed E-state index contributed by atoms with van der Waals surface area (Å²) in [7, 11) is 0. The van der Waals surface area contributed by atoms with Crippen LogP contribution in [0.2, 0.25) is 0 Å². The Hall–Kier alpha value is -0.370. The molecular weight excluding hydrogens is 162 g/mol. The third-order valence-electron chi connectivity index (χ3n) is 2.77. The molecule has 1 fully saturated rings. The summed E-state index contributed by atoms with van der Waals surface area (Å²) in [6.07, 6.45) is 1.45. The molecule has 1 aliphatic heterocycles. The quantitative estimate of drug-likeness (QED) is 0.574. The van der Waals surface area contributed by atoms with Gasteiger partial charge in [0.2, 0.25) is 0 Å². The second-order valence-corrected chi connectivity index (χ2v) is 5.22. The molecular formula is C11H21NO. The lowest BCUT2D eigenvalue weighted by Crippen LogP contribution is -2.55. The molecule has 0 amide bonds. The van der Waals surface area contributed by atoms with Crippen molar-refractivity contribution in [3.8, 4) is 0 Å². The molecule has 76 valence electrons. The van der Waals surface area contributed by atoms with Crippen molar-refractivity contribution in [3.63, 3.8) is 0 Å². The van der Waals surface area contributed by atoms with Crippen molar-refractivity contribution in [2.75, 3.05) is 0 Å². The molecule has 2 nitrogen and oxygen atoms in total. The molecule has 13 heavy (non-hydrogen) atoms. The minimum absolute atomic E-state index is 0.180. The average molecular weight is 183 g/mol. The van der Waals surface area contributed by atoms with Gasteiger partial charge in [-0.2, -0.15) is 0 Å². The Bertz CT molecular complexity index is 191. The highest BCUT2D eigenvalue weighted by Gasteiger charge is 2.35. The van der Waals surface area contributed by atoms with Crippen LogP contribution in [0.5, 0.6) is 0 Å². The van der Waals surface area contributed by atoms with Crippen molar-refractivity contribution >= 4 is 5.78 Å². The molecule has 0 aromatic heterocycles. The standard InChI is InChI=1S/C11H21NO/c1-8-6-10(13)7-9(2)12(8)11(3,4)5/h8-9H,6-7H2,1-5H3. The highest BCUT2D eigenvalue weighted by molar-refractivity contribution is 5.80. The molecule has 0 aliphatic carbocycles. The molecule has 0 radical (unpaired) electrons. The number of hydrogen-bond acceptors (Lipinski definition) is 2. The number of Topliss-reactive ketones (excluding diaryl/α,β-unsaturated/α-hetero) is 1. The lowest BCUT2D eigenvalue weighted by molar-refractivity contribution is -0.127. The van der Waals surface area contributed by atoms with Gasteiger partial charge in [0.25, 0.3) is 0 Å². The number of ketones is 1. The summed E-state index contributed by atoms with van der Waals surface area (Å²) in [5, 5.41) is 0. The number of likely N-dealkylation sites (tertiary alicyclic amines) is 1. The van der Waals surface area contributed by atoms with E-state index in [1.807, 2.05) is 0 Å². The van der Waals surface area contributed by atoms with Gasteiger partial charge in [0.1, 0.15) is 5.78 Å². The summed E-state index contributed by atoms with van der Waals surface area (Å²) in [5.41, 5.74) is 0.180. The van der Waals surface area contributed by atoms with E-state index in [0.717, 1.165) is 12.8 Å². The Kier molecular flexibility index (Phi) is 2.81. The van der Waals surface area contributed by atoms with Crippen molar-refractivity contribution in [1.29, 1.82) is 0 Å². The Morgan fingerprint density at radius 3 is 1.85 bits per heavy atom. The molecule has 1 aliphatic rings. The molecule has 0 N–H and O–H groups in total. The lowest BCUT2D eigenvalue weighted by atomic mass is 9.90. The zero-order chi connectivity index (χ0) is 10.2. The summed E-state index contributed by atoms with van der Waals surface area (Å²) in [6.45, 7) is 11.0. The van der Waals surface area contributed by atoms with Crippen LogP contribution in [0, 0.1) is 0 Å². The summed E-state index contributed by atoms with van der Waals surface area (Å²) in [5.74, 6) is 0.417. The first kappa shape index (κ1) is 10.7. The molecule has 0 aromatic rings. The maximum atomic E-state index is 11.3. The third-order valence-corrected chi connectivity index (χ3v) is 2.77. The number of carbonyl (C=O) groups excluding carboxylic acids is 1. The van der Waals surface area contributed by atoms with Gasteiger partial charge in [-0.1, -0.05) is 0 Å². The van der Waals surface area contributed by atoms with E-state index >= 15 is 0 Å². The number of rotatable bonds is 0. The first-order valence-corrected chi connectivity index (χ1v) is 5.12. The van der Waals surface area contributed by atoms with Gasteiger partial charge < -0.3 is 0 Å². The highest BCUT2D eigenvalue weighted by atomic mass is 16.1. The number of nitrogens with zero attached hydrogens (tertiary/aromatic N) is 1. The van der Waals surface area contributed by atoms with Crippen LogP contribution in [0.1, 0.15) is 47.5 Å². The van der Waals surface area contributed by atoms with E-state index in [0.29, 0.717) is 17.9 Å². The Morgan fingerprint density at radius 1 is 1.15 bits per heavy atom. The largest absolute Gasteiger partial charge is 0.300 e. The zero-order valence-electron chi connectivity index (χ0n) is 9.42. The van der Waals surface area contributed by atoms with Gasteiger partial charge in [-0.25, -0.2) is 0 Å². The van der Waals surface area contributed by atoms with E-state index in [9.17, 15) is 4.79 Å². The second-order valence-electron chi connectivity index (χ2n) is 5.22. The normalized spacial score (nSPS) is 32.2.